The van der Waals surface area contributed by atoms with Crippen LogP contribution >= 0.6 is 0 Å². The van der Waals surface area contributed by atoms with E-state index in [4.69, 9.17) is 0 Å². The molecule has 6 heteroatoms. The third-order valence-electron chi connectivity index (χ3n) is 4.69. The van der Waals surface area contributed by atoms with Crippen LogP contribution in [0.4, 0.5) is 0 Å². The number of nitrogens with zero attached hydrogens (tertiary/aromatic N) is 1. The standard InChI is InChI=1S/C22H26N4O2/c1-15(2)21(27)26-20(12-17-14-25-19-8-4-3-7-18(17)19)22(28)24-11-9-16-6-5-10-23-13-16/h3-8,10,13-15,20,25H,9,11-12H2,1-2H3,(H,24,28)(H,26,27). The zero-order chi connectivity index (χ0) is 19.9. The van der Waals surface area contributed by atoms with Crippen molar-refractivity contribution in [1.29, 1.82) is 0 Å². The highest BCUT2D eigenvalue weighted by atomic mass is 16.2. The summed E-state index contributed by atoms with van der Waals surface area (Å²) in [7, 11) is 0. The fraction of sp³-hybridized carbons (Fsp3) is 0.318. The molecule has 3 rings (SSSR count). The Morgan fingerprint density at radius 1 is 1.11 bits per heavy atom. The normalized spacial score (nSPS) is 12.1. The summed E-state index contributed by atoms with van der Waals surface area (Å²) >= 11 is 0. The van der Waals surface area contributed by atoms with Crippen LogP contribution in [0.15, 0.2) is 55.0 Å². The number of benzene rings is 1. The molecule has 0 fully saturated rings. The number of aromatic amines is 1. The number of aromatic nitrogens is 2. The Bertz CT molecular complexity index is 934. The van der Waals surface area contributed by atoms with Gasteiger partial charge in [-0.25, -0.2) is 0 Å². The lowest BCUT2D eigenvalue weighted by molar-refractivity contribution is -0.130. The first-order valence-corrected chi connectivity index (χ1v) is 9.56. The van der Waals surface area contributed by atoms with Crippen LogP contribution in [0, 0.1) is 5.92 Å². The summed E-state index contributed by atoms with van der Waals surface area (Å²) in [6.45, 7) is 4.13. The van der Waals surface area contributed by atoms with Crippen LogP contribution in [-0.2, 0) is 22.4 Å². The first kappa shape index (κ1) is 19.6. The molecule has 2 amide bonds. The van der Waals surface area contributed by atoms with Gasteiger partial charge < -0.3 is 15.6 Å². The number of fused-ring (bicyclic) bond motifs is 1. The molecule has 0 aliphatic heterocycles. The van der Waals surface area contributed by atoms with Crippen molar-refractivity contribution in [3.05, 3.63) is 66.1 Å². The predicted octanol–water partition coefficient (Wildman–Crippen LogP) is 2.61. The minimum Gasteiger partial charge on any atom is -0.361 e. The second-order valence-electron chi connectivity index (χ2n) is 7.18. The first-order chi connectivity index (χ1) is 13.5. The molecule has 3 N–H and O–H groups in total. The van der Waals surface area contributed by atoms with Crippen LogP contribution in [0.25, 0.3) is 10.9 Å². The highest BCUT2D eigenvalue weighted by Crippen LogP contribution is 2.19. The van der Waals surface area contributed by atoms with E-state index in [2.05, 4.69) is 20.6 Å². The number of H-pyrrole nitrogens is 1. The first-order valence-electron chi connectivity index (χ1n) is 9.56. The Balaban J connectivity index is 1.68. The van der Waals surface area contributed by atoms with Gasteiger partial charge in [-0.2, -0.15) is 0 Å². The number of hydrogen-bond acceptors (Lipinski definition) is 3. The second-order valence-corrected chi connectivity index (χ2v) is 7.18. The van der Waals surface area contributed by atoms with E-state index in [0.717, 1.165) is 22.0 Å². The van der Waals surface area contributed by atoms with E-state index >= 15 is 0 Å². The minimum absolute atomic E-state index is 0.132. The van der Waals surface area contributed by atoms with Crippen molar-refractivity contribution in [1.82, 2.24) is 20.6 Å². The third kappa shape index (κ3) is 4.97. The maximum atomic E-state index is 12.8. The van der Waals surface area contributed by atoms with E-state index in [9.17, 15) is 9.59 Å². The van der Waals surface area contributed by atoms with Gasteiger partial charge in [-0.15, -0.1) is 0 Å². The van der Waals surface area contributed by atoms with Gasteiger partial charge in [0.25, 0.3) is 0 Å². The molecule has 1 atom stereocenters. The summed E-state index contributed by atoms with van der Waals surface area (Å²) in [5.74, 6) is -0.496. The van der Waals surface area contributed by atoms with E-state index in [-0.39, 0.29) is 17.7 Å². The zero-order valence-electron chi connectivity index (χ0n) is 16.2. The summed E-state index contributed by atoms with van der Waals surface area (Å²) in [6, 6.07) is 11.2. The second kappa shape index (κ2) is 9.17. The monoisotopic (exact) mass is 378 g/mol. The molecule has 2 aromatic heterocycles. The Morgan fingerprint density at radius 3 is 2.68 bits per heavy atom. The molecule has 146 valence electrons. The highest BCUT2D eigenvalue weighted by Gasteiger charge is 2.23. The molecule has 0 saturated heterocycles. The van der Waals surface area contributed by atoms with Gasteiger partial charge in [0.1, 0.15) is 6.04 Å². The van der Waals surface area contributed by atoms with Gasteiger partial charge in [-0.1, -0.05) is 38.1 Å². The summed E-state index contributed by atoms with van der Waals surface area (Å²) in [4.78, 5) is 32.3. The fourth-order valence-corrected chi connectivity index (χ4v) is 3.07. The number of amides is 2. The van der Waals surface area contributed by atoms with Crippen molar-refractivity contribution >= 4 is 22.7 Å². The van der Waals surface area contributed by atoms with Crippen molar-refractivity contribution in [2.75, 3.05) is 6.54 Å². The topological polar surface area (TPSA) is 86.9 Å². The Hall–Kier alpha value is -3.15. The van der Waals surface area contributed by atoms with Gasteiger partial charge in [0.15, 0.2) is 0 Å². The van der Waals surface area contributed by atoms with E-state index < -0.39 is 6.04 Å². The predicted molar refractivity (Wildman–Crippen MR) is 110 cm³/mol. The molecule has 28 heavy (non-hydrogen) atoms. The molecule has 0 aliphatic rings. The molecule has 3 aromatic rings. The Morgan fingerprint density at radius 2 is 1.93 bits per heavy atom. The lowest BCUT2D eigenvalue weighted by Crippen LogP contribution is -2.49. The van der Waals surface area contributed by atoms with Gasteiger partial charge in [0.2, 0.25) is 11.8 Å². The van der Waals surface area contributed by atoms with E-state index in [0.29, 0.717) is 19.4 Å². The van der Waals surface area contributed by atoms with E-state index in [1.807, 2.05) is 56.4 Å². The van der Waals surface area contributed by atoms with Crippen LogP contribution in [0.2, 0.25) is 0 Å². The maximum Gasteiger partial charge on any atom is 0.242 e. The van der Waals surface area contributed by atoms with Crippen molar-refractivity contribution in [3.63, 3.8) is 0 Å². The van der Waals surface area contributed by atoms with E-state index in [1.54, 1.807) is 12.4 Å². The summed E-state index contributed by atoms with van der Waals surface area (Å²) in [5.41, 5.74) is 3.08. The molecule has 0 bridgehead atoms. The average Bonchev–Trinajstić information content (AvgIpc) is 3.11. The van der Waals surface area contributed by atoms with Gasteiger partial charge in [0.05, 0.1) is 0 Å². The van der Waals surface area contributed by atoms with Gasteiger partial charge in [-0.3, -0.25) is 14.6 Å². The van der Waals surface area contributed by atoms with Crippen LogP contribution in [0.3, 0.4) is 0 Å². The molecule has 0 spiro atoms. The molecule has 1 aromatic carbocycles. The number of carbonyl (C=O) groups is 2. The quantitative estimate of drug-likeness (QED) is 0.563. The molecule has 0 radical (unpaired) electrons. The van der Waals surface area contributed by atoms with Crippen molar-refractivity contribution in [3.8, 4) is 0 Å². The van der Waals surface area contributed by atoms with Crippen LogP contribution < -0.4 is 10.6 Å². The molecule has 2 heterocycles. The number of carbonyl (C=O) groups excluding carboxylic acids is 2. The third-order valence-corrected chi connectivity index (χ3v) is 4.69. The minimum atomic E-state index is -0.622. The summed E-state index contributed by atoms with van der Waals surface area (Å²) in [5, 5.41) is 6.90. The van der Waals surface area contributed by atoms with Crippen LogP contribution in [0.5, 0.6) is 0 Å². The average molecular weight is 378 g/mol. The van der Waals surface area contributed by atoms with Gasteiger partial charge >= 0.3 is 0 Å². The zero-order valence-corrected chi connectivity index (χ0v) is 16.2. The summed E-state index contributed by atoms with van der Waals surface area (Å²) in [6.07, 6.45) is 6.54. The summed E-state index contributed by atoms with van der Waals surface area (Å²) < 4.78 is 0. The number of rotatable bonds is 8. The van der Waals surface area contributed by atoms with Crippen LogP contribution in [-0.4, -0.2) is 34.4 Å². The number of nitrogens with one attached hydrogen (secondary N) is 3. The number of para-hydroxylation sites is 1. The fourth-order valence-electron chi connectivity index (χ4n) is 3.07. The van der Waals surface area contributed by atoms with Crippen molar-refractivity contribution in [2.24, 2.45) is 5.92 Å². The Labute approximate surface area is 164 Å². The number of pyridine rings is 1. The molecule has 0 aliphatic carbocycles. The lowest BCUT2D eigenvalue weighted by Gasteiger charge is -2.19. The molecular weight excluding hydrogens is 352 g/mol. The smallest absolute Gasteiger partial charge is 0.242 e. The lowest BCUT2D eigenvalue weighted by atomic mass is 10.0. The van der Waals surface area contributed by atoms with Crippen molar-refractivity contribution in [2.45, 2.75) is 32.7 Å². The molecule has 1 unspecified atom stereocenters. The highest BCUT2D eigenvalue weighted by molar-refractivity contribution is 5.90. The van der Waals surface area contributed by atoms with E-state index in [1.165, 1.54) is 0 Å². The molecule has 0 saturated carbocycles. The van der Waals surface area contributed by atoms with Crippen LogP contribution in [0.1, 0.15) is 25.0 Å². The Kier molecular flexibility index (Phi) is 6.42. The maximum absolute atomic E-state index is 12.8. The van der Waals surface area contributed by atoms with Crippen molar-refractivity contribution < 1.29 is 9.59 Å². The largest absolute Gasteiger partial charge is 0.361 e. The molecular formula is C22H26N4O2. The number of hydrogen-bond donors (Lipinski definition) is 3. The van der Waals surface area contributed by atoms with Gasteiger partial charge in [-0.05, 0) is 29.7 Å². The molecule has 6 nitrogen and oxygen atoms in total. The SMILES string of the molecule is CC(C)C(=O)NC(Cc1c[nH]c2ccccc12)C(=O)NCCc1cccnc1. The van der Waals surface area contributed by atoms with Gasteiger partial charge in [0, 0.05) is 48.4 Å².